The lowest BCUT2D eigenvalue weighted by Crippen LogP contribution is -2.31. The Morgan fingerprint density at radius 2 is 1.52 bits per heavy atom. The van der Waals surface area contributed by atoms with Gasteiger partial charge in [-0.2, -0.15) is 8.42 Å². The molecule has 0 N–H and O–H groups in total. The van der Waals surface area contributed by atoms with Crippen molar-refractivity contribution in [1.82, 2.24) is 5.06 Å². The molecule has 6 heteroatoms. The lowest BCUT2D eigenvalue weighted by molar-refractivity contribution is -0.150. The van der Waals surface area contributed by atoms with E-state index in [2.05, 4.69) is 0 Å². The van der Waals surface area contributed by atoms with Gasteiger partial charge in [-0.3, -0.25) is 4.79 Å². The number of hydrogen-bond acceptors (Lipinski definition) is 4. The highest BCUT2D eigenvalue weighted by Crippen LogP contribution is 2.13. The van der Waals surface area contributed by atoms with Gasteiger partial charge in [0.25, 0.3) is 5.91 Å². The number of benzene rings is 2. The summed E-state index contributed by atoms with van der Waals surface area (Å²) in [7, 11) is -2.71. The van der Waals surface area contributed by atoms with E-state index in [1.807, 2.05) is 18.2 Å². The molecule has 0 fully saturated rings. The van der Waals surface area contributed by atoms with Crippen molar-refractivity contribution in [2.75, 3.05) is 7.05 Å². The van der Waals surface area contributed by atoms with E-state index < -0.39 is 16.0 Å². The number of likely N-dealkylation sites (N-methyl/N-ethyl adjacent to an activating group) is 1. The Morgan fingerprint density at radius 3 is 2.10 bits per heavy atom. The zero-order chi connectivity index (χ0) is 15.3. The van der Waals surface area contributed by atoms with Crippen LogP contribution in [-0.4, -0.2) is 26.4 Å². The Kier molecular flexibility index (Phi) is 4.72. The summed E-state index contributed by atoms with van der Waals surface area (Å²) < 4.78 is 28.8. The summed E-state index contributed by atoms with van der Waals surface area (Å²) in [6, 6.07) is 16.7. The van der Waals surface area contributed by atoms with Crippen LogP contribution in [0.3, 0.4) is 0 Å². The fraction of sp³-hybridized carbons (Fsp3) is 0.133. The molecular weight excluding hydrogens is 290 g/mol. The van der Waals surface area contributed by atoms with Crippen LogP contribution in [-0.2, 0) is 25.6 Å². The molecule has 110 valence electrons. The second-order valence-electron chi connectivity index (χ2n) is 4.40. The zero-order valence-corrected chi connectivity index (χ0v) is 12.3. The molecule has 2 aromatic rings. The van der Waals surface area contributed by atoms with Gasteiger partial charge < -0.3 is 0 Å². The third-order valence-electron chi connectivity index (χ3n) is 2.79. The molecule has 0 aliphatic rings. The van der Waals surface area contributed by atoms with E-state index in [0.29, 0.717) is 0 Å². The Labute approximate surface area is 123 Å². The Morgan fingerprint density at radius 1 is 1.00 bits per heavy atom. The standard InChI is InChI=1S/C15H15NO4S/c1-16(15(17)12-13-8-4-2-5-9-13)20-21(18,19)14-10-6-3-7-11-14/h2-11H,12H2,1H3. The largest absolute Gasteiger partial charge is 0.317 e. The second-order valence-corrected chi connectivity index (χ2v) is 5.92. The number of amides is 1. The van der Waals surface area contributed by atoms with Crippen LogP contribution < -0.4 is 0 Å². The number of hydroxylamine groups is 2. The molecule has 0 saturated heterocycles. The first-order valence-electron chi connectivity index (χ1n) is 6.29. The first kappa shape index (κ1) is 15.2. The molecule has 0 aliphatic heterocycles. The van der Waals surface area contributed by atoms with Gasteiger partial charge in [0.1, 0.15) is 0 Å². The molecule has 0 saturated carbocycles. The maximum atomic E-state index is 12.0. The molecule has 2 aromatic carbocycles. The van der Waals surface area contributed by atoms with E-state index >= 15 is 0 Å². The molecule has 21 heavy (non-hydrogen) atoms. The maximum absolute atomic E-state index is 12.0. The van der Waals surface area contributed by atoms with Gasteiger partial charge in [-0.1, -0.05) is 48.5 Å². The van der Waals surface area contributed by atoms with Crippen LogP contribution in [0.5, 0.6) is 0 Å². The van der Waals surface area contributed by atoms with E-state index in [1.54, 1.807) is 30.3 Å². The smallest absolute Gasteiger partial charge is 0.272 e. The fourth-order valence-corrected chi connectivity index (χ4v) is 2.65. The Hall–Kier alpha value is -2.18. The third kappa shape index (κ3) is 4.14. The Bertz CT molecular complexity index is 699. The van der Waals surface area contributed by atoms with Crippen molar-refractivity contribution in [3.63, 3.8) is 0 Å². The predicted molar refractivity (Wildman–Crippen MR) is 77.6 cm³/mol. The van der Waals surface area contributed by atoms with Gasteiger partial charge in [-0.25, -0.2) is 5.06 Å². The maximum Gasteiger partial charge on any atom is 0.317 e. The number of hydrogen-bond donors (Lipinski definition) is 0. The van der Waals surface area contributed by atoms with Crippen LogP contribution >= 0.6 is 0 Å². The average molecular weight is 305 g/mol. The van der Waals surface area contributed by atoms with Gasteiger partial charge in [0.05, 0.1) is 11.3 Å². The number of carbonyl (C=O) groups is 1. The Balaban J connectivity index is 2.04. The van der Waals surface area contributed by atoms with Crippen molar-refractivity contribution in [1.29, 1.82) is 0 Å². The van der Waals surface area contributed by atoms with Gasteiger partial charge in [-0.05, 0) is 17.7 Å². The monoisotopic (exact) mass is 305 g/mol. The molecule has 0 heterocycles. The van der Waals surface area contributed by atoms with Crippen LogP contribution in [0.2, 0.25) is 0 Å². The molecule has 0 radical (unpaired) electrons. The quantitative estimate of drug-likeness (QED) is 0.793. The van der Waals surface area contributed by atoms with Gasteiger partial charge in [0.15, 0.2) is 0 Å². The van der Waals surface area contributed by atoms with Crippen molar-refractivity contribution in [2.24, 2.45) is 0 Å². The molecule has 0 spiro atoms. The van der Waals surface area contributed by atoms with E-state index in [9.17, 15) is 13.2 Å². The van der Waals surface area contributed by atoms with Crippen LogP contribution in [0.15, 0.2) is 65.6 Å². The van der Waals surface area contributed by atoms with Crippen molar-refractivity contribution in [3.05, 3.63) is 66.2 Å². The molecule has 0 aliphatic carbocycles. The van der Waals surface area contributed by atoms with E-state index in [-0.39, 0.29) is 11.3 Å². The minimum absolute atomic E-state index is 0.00404. The molecule has 0 atom stereocenters. The van der Waals surface area contributed by atoms with Crippen LogP contribution in [0.25, 0.3) is 0 Å². The van der Waals surface area contributed by atoms with Gasteiger partial charge in [0, 0.05) is 7.05 Å². The summed E-state index contributed by atoms with van der Waals surface area (Å²) in [6.45, 7) is 0. The minimum Gasteiger partial charge on any atom is -0.272 e. The highest BCUT2D eigenvalue weighted by Gasteiger charge is 2.21. The molecule has 0 bridgehead atoms. The highest BCUT2D eigenvalue weighted by molar-refractivity contribution is 7.86. The summed E-state index contributed by atoms with van der Waals surface area (Å²) in [5.74, 6) is -0.444. The minimum atomic E-state index is -3.99. The highest BCUT2D eigenvalue weighted by atomic mass is 32.2. The summed E-state index contributed by atoms with van der Waals surface area (Å²) in [5.41, 5.74) is 0.787. The van der Waals surface area contributed by atoms with E-state index in [1.165, 1.54) is 19.2 Å². The number of rotatable bonds is 5. The van der Waals surface area contributed by atoms with Gasteiger partial charge in [-0.15, -0.1) is 4.28 Å². The average Bonchev–Trinajstić information content (AvgIpc) is 2.48. The normalized spacial score (nSPS) is 11.1. The summed E-state index contributed by atoms with van der Waals surface area (Å²) in [4.78, 5) is 12.0. The van der Waals surface area contributed by atoms with E-state index in [0.717, 1.165) is 10.6 Å². The fourth-order valence-electron chi connectivity index (χ4n) is 1.70. The van der Waals surface area contributed by atoms with Crippen LogP contribution in [0.4, 0.5) is 0 Å². The summed E-state index contributed by atoms with van der Waals surface area (Å²) in [6.07, 6.45) is 0.0711. The van der Waals surface area contributed by atoms with Crippen molar-refractivity contribution >= 4 is 16.0 Å². The summed E-state index contributed by atoms with van der Waals surface area (Å²) >= 11 is 0. The lowest BCUT2D eigenvalue weighted by Gasteiger charge is -2.16. The molecular formula is C15H15NO4S. The number of nitrogens with zero attached hydrogens (tertiary/aromatic N) is 1. The molecule has 2 rings (SSSR count). The van der Waals surface area contributed by atoms with Crippen molar-refractivity contribution in [2.45, 2.75) is 11.3 Å². The molecule has 1 amide bonds. The topological polar surface area (TPSA) is 63.7 Å². The van der Waals surface area contributed by atoms with Crippen molar-refractivity contribution in [3.8, 4) is 0 Å². The second kappa shape index (κ2) is 6.51. The first-order chi connectivity index (χ1) is 9.99. The zero-order valence-electron chi connectivity index (χ0n) is 11.5. The van der Waals surface area contributed by atoms with Crippen LogP contribution in [0, 0.1) is 0 Å². The molecule has 0 unspecified atom stereocenters. The van der Waals surface area contributed by atoms with Gasteiger partial charge in [0.2, 0.25) is 0 Å². The molecule has 0 aromatic heterocycles. The lowest BCUT2D eigenvalue weighted by atomic mass is 10.1. The molecule has 5 nitrogen and oxygen atoms in total. The third-order valence-corrected chi connectivity index (χ3v) is 4.06. The van der Waals surface area contributed by atoms with Crippen molar-refractivity contribution < 1.29 is 17.5 Å². The van der Waals surface area contributed by atoms with Crippen LogP contribution in [0.1, 0.15) is 5.56 Å². The predicted octanol–water partition coefficient (Wildman–Crippen LogP) is 2.01. The first-order valence-corrected chi connectivity index (χ1v) is 7.70. The van der Waals surface area contributed by atoms with E-state index in [4.69, 9.17) is 4.28 Å². The SMILES string of the molecule is CN(OS(=O)(=O)c1ccccc1)C(=O)Cc1ccccc1. The summed E-state index contributed by atoms with van der Waals surface area (Å²) in [5, 5.41) is 0.745. The number of carbonyl (C=O) groups excluding carboxylic acids is 1. The van der Waals surface area contributed by atoms with Gasteiger partial charge >= 0.3 is 10.1 Å².